The van der Waals surface area contributed by atoms with Crippen molar-refractivity contribution in [2.24, 2.45) is 0 Å². The minimum Gasteiger partial charge on any atom is -0.249 e. The van der Waals surface area contributed by atoms with Crippen LogP contribution in [0.15, 0.2) is 52.5 Å². The fraction of sp³-hybridized carbons (Fsp3) is 0.0769. The third-order valence-corrected chi connectivity index (χ3v) is 3.15. The molecule has 1 aromatic heterocycles. The van der Waals surface area contributed by atoms with Gasteiger partial charge in [0.05, 0.1) is 0 Å². The monoisotopic (exact) mass is 214 g/mol. The molecule has 0 aliphatic carbocycles. The summed E-state index contributed by atoms with van der Waals surface area (Å²) < 4.78 is 0. The number of hydrogen-bond acceptors (Lipinski definition) is 2. The van der Waals surface area contributed by atoms with Crippen LogP contribution in [0.5, 0.6) is 0 Å². The SMILES string of the molecule is [CH2]c1cccnc1Sc1ccc(C)cc1. The van der Waals surface area contributed by atoms with Crippen molar-refractivity contribution in [3.8, 4) is 0 Å². The van der Waals surface area contributed by atoms with Gasteiger partial charge in [-0.2, -0.15) is 0 Å². The molecule has 0 amide bonds. The first kappa shape index (κ1) is 10.2. The summed E-state index contributed by atoms with van der Waals surface area (Å²) in [6.45, 7) is 6.04. The third-order valence-electron chi connectivity index (χ3n) is 2.09. The van der Waals surface area contributed by atoms with E-state index in [9.17, 15) is 0 Å². The maximum Gasteiger partial charge on any atom is 0.104 e. The molecule has 0 aliphatic heterocycles. The summed E-state index contributed by atoms with van der Waals surface area (Å²) in [4.78, 5) is 5.49. The van der Waals surface area contributed by atoms with Crippen LogP contribution in [0.2, 0.25) is 0 Å². The largest absolute Gasteiger partial charge is 0.249 e. The average molecular weight is 214 g/mol. The molecule has 1 heterocycles. The predicted molar refractivity (Wildman–Crippen MR) is 64.0 cm³/mol. The maximum absolute atomic E-state index is 4.30. The van der Waals surface area contributed by atoms with Crippen LogP contribution in [-0.4, -0.2) is 4.98 Å². The van der Waals surface area contributed by atoms with Crippen LogP contribution in [-0.2, 0) is 0 Å². The molecular weight excluding hydrogens is 202 g/mol. The summed E-state index contributed by atoms with van der Waals surface area (Å²) in [7, 11) is 0. The molecule has 0 unspecified atom stereocenters. The minimum absolute atomic E-state index is 0.973. The van der Waals surface area contributed by atoms with Gasteiger partial charge in [-0.25, -0.2) is 4.98 Å². The Bertz CT molecular complexity index is 448. The van der Waals surface area contributed by atoms with E-state index in [1.165, 1.54) is 10.5 Å². The van der Waals surface area contributed by atoms with Gasteiger partial charge in [-0.05, 0) is 37.6 Å². The quantitative estimate of drug-likeness (QED) is 0.755. The Balaban J connectivity index is 2.22. The molecule has 15 heavy (non-hydrogen) atoms. The molecule has 0 saturated carbocycles. The fourth-order valence-corrected chi connectivity index (χ4v) is 2.04. The fourth-order valence-electron chi connectivity index (χ4n) is 1.23. The van der Waals surface area contributed by atoms with Gasteiger partial charge in [0.25, 0.3) is 0 Å². The first-order chi connectivity index (χ1) is 7.25. The highest BCUT2D eigenvalue weighted by atomic mass is 32.2. The van der Waals surface area contributed by atoms with E-state index < -0.39 is 0 Å². The lowest BCUT2D eigenvalue weighted by Gasteiger charge is -2.03. The van der Waals surface area contributed by atoms with Gasteiger partial charge >= 0.3 is 0 Å². The summed E-state index contributed by atoms with van der Waals surface area (Å²) >= 11 is 1.65. The van der Waals surface area contributed by atoms with Crippen molar-refractivity contribution in [3.63, 3.8) is 0 Å². The Morgan fingerprint density at radius 2 is 1.87 bits per heavy atom. The summed E-state index contributed by atoms with van der Waals surface area (Å²) in [6.07, 6.45) is 1.80. The Labute approximate surface area is 94.6 Å². The van der Waals surface area contributed by atoms with Gasteiger partial charge in [0, 0.05) is 11.1 Å². The van der Waals surface area contributed by atoms with E-state index in [0.717, 1.165) is 10.6 Å². The van der Waals surface area contributed by atoms with Crippen molar-refractivity contribution in [1.82, 2.24) is 4.98 Å². The molecular formula is C13H12NS. The highest BCUT2D eigenvalue weighted by molar-refractivity contribution is 7.99. The number of benzene rings is 1. The number of aryl methyl sites for hydroxylation is 1. The lowest BCUT2D eigenvalue weighted by molar-refractivity contribution is 1.11. The zero-order valence-electron chi connectivity index (χ0n) is 8.60. The summed E-state index contributed by atoms with van der Waals surface area (Å²) in [5.41, 5.74) is 2.25. The van der Waals surface area contributed by atoms with Crippen molar-refractivity contribution in [2.75, 3.05) is 0 Å². The molecule has 0 fully saturated rings. The van der Waals surface area contributed by atoms with E-state index >= 15 is 0 Å². The van der Waals surface area contributed by atoms with Crippen LogP contribution >= 0.6 is 11.8 Å². The Kier molecular flexibility index (Phi) is 3.07. The van der Waals surface area contributed by atoms with Crippen molar-refractivity contribution in [2.45, 2.75) is 16.8 Å². The molecule has 2 aromatic rings. The third kappa shape index (κ3) is 2.60. The van der Waals surface area contributed by atoms with Gasteiger partial charge in [0.15, 0.2) is 0 Å². The number of nitrogens with zero attached hydrogens (tertiary/aromatic N) is 1. The molecule has 0 atom stereocenters. The van der Waals surface area contributed by atoms with Gasteiger partial charge < -0.3 is 0 Å². The van der Waals surface area contributed by atoms with E-state index in [4.69, 9.17) is 0 Å². The summed E-state index contributed by atoms with van der Waals surface area (Å²) in [6, 6.07) is 12.3. The van der Waals surface area contributed by atoms with Crippen LogP contribution in [0.1, 0.15) is 11.1 Å². The molecule has 75 valence electrons. The molecule has 1 radical (unpaired) electrons. The molecule has 1 nitrogen and oxygen atoms in total. The van der Waals surface area contributed by atoms with E-state index in [2.05, 4.69) is 43.1 Å². The van der Waals surface area contributed by atoms with E-state index in [0.29, 0.717) is 0 Å². The Morgan fingerprint density at radius 1 is 1.13 bits per heavy atom. The van der Waals surface area contributed by atoms with Crippen molar-refractivity contribution in [3.05, 3.63) is 60.6 Å². The standard InChI is InChI=1S/C13H12NS/c1-10-5-7-12(8-6-10)15-13-11(2)4-3-9-14-13/h3-9H,2H2,1H3. The number of rotatable bonds is 2. The normalized spacial score (nSPS) is 10.3. The molecule has 0 saturated heterocycles. The zero-order valence-corrected chi connectivity index (χ0v) is 9.42. The van der Waals surface area contributed by atoms with Gasteiger partial charge in [-0.15, -0.1) is 0 Å². The summed E-state index contributed by atoms with van der Waals surface area (Å²) in [5.74, 6) is 0. The molecule has 0 spiro atoms. The van der Waals surface area contributed by atoms with Gasteiger partial charge in [-0.3, -0.25) is 0 Å². The van der Waals surface area contributed by atoms with Crippen LogP contribution in [0.4, 0.5) is 0 Å². The Hall–Kier alpha value is -1.28. The van der Waals surface area contributed by atoms with Crippen LogP contribution in [0.3, 0.4) is 0 Å². The first-order valence-electron chi connectivity index (χ1n) is 4.77. The minimum atomic E-state index is 0.973. The number of hydrogen-bond donors (Lipinski definition) is 0. The second kappa shape index (κ2) is 4.49. The molecule has 0 bridgehead atoms. The van der Waals surface area contributed by atoms with E-state index in [-0.39, 0.29) is 0 Å². The topological polar surface area (TPSA) is 12.9 Å². The van der Waals surface area contributed by atoms with Gasteiger partial charge in [0.2, 0.25) is 0 Å². The van der Waals surface area contributed by atoms with Crippen LogP contribution < -0.4 is 0 Å². The van der Waals surface area contributed by atoms with Crippen molar-refractivity contribution in [1.29, 1.82) is 0 Å². The lowest BCUT2D eigenvalue weighted by Crippen LogP contribution is -1.83. The molecule has 1 aromatic carbocycles. The van der Waals surface area contributed by atoms with Gasteiger partial charge in [-0.1, -0.05) is 35.5 Å². The van der Waals surface area contributed by atoms with Crippen molar-refractivity contribution < 1.29 is 0 Å². The highest BCUT2D eigenvalue weighted by Crippen LogP contribution is 2.27. The smallest absolute Gasteiger partial charge is 0.104 e. The molecule has 2 rings (SSSR count). The zero-order chi connectivity index (χ0) is 10.7. The van der Waals surface area contributed by atoms with E-state index in [1.807, 2.05) is 12.1 Å². The number of pyridine rings is 1. The van der Waals surface area contributed by atoms with Crippen LogP contribution in [0, 0.1) is 13.8 Å². The Morgan fingerprint density at radius 3 is 2.53 bits per heavy atom. The predicted octanol–water partition coefficient (Wildman–Crippen LogP) is 3.72. The summed E-state index contributed by atoms with van der Waals surface area (Å²) in [5, 5.41) is 0.973. The molecule has 2 heteroatoms. The number of aromatic nitrogens is 1. The average Bonchev–Trinajstić information content (AvgIpc) is 2.25. The molecule has 0 aliphatic rings. The first-order valence-corrected chi connectivity index (χ1v) is 5.59. The lowest BCUT2D eigenvalue weighted by atomic mass is 10.2. The maximum atomic E-state index is 4.30. The highest BCUT2D eigenvalue weighted by Gasteiger charge is 2.01. The van der Waals surface area contributed by atoms with E-state index in [1.54, 1.807) is 18.0 Å². The molecule has 0 N–H and O–H groups in total. The van der Waals surface area contributed by atoms with Gasteiger partial charge in [0.1, 0.15) is 5.03 Å². The van der Waals surface area contributed by atoms with Crippen molar-refractivity contribution >= 4 is 11.8 Å². The second-order valence-corrected chi connectivity index (χ2v) is 4.45. The van der Waals surface area contributed by atoms with Crippen LogP contribution in [0.25, 0.3) is 0 Å². The second-order valence-electron chi connectivity index (χ2n) is 3.38.